The summed E-state index contributed by atoms with van der Waals surface area (Å²) in [6, 6.07) is 25.0. The lowest BCUT2D eigenvalue weighted by Crippen LogP contribution is -2.42. The summed E-state index contributed by atoms with van der Waals surface area (Å²) in [5.41, 5.74) is 3.31. The molecule has 1 atom stereocenters. The van der Waals surface area contributed by atoms with Crippen LogP contribution in [0.5, 0.6) is 0 Å². The highest BCUT2D eigenvalue weighted by atomic mass is 32.2. The zero-order chi connectivity index (χ0) is 32.6. The second kappa shape index (κ2) is 14.9. The van der Waals surface area contributed by atoms with E-state index in [1.54, 1.807) is 60.3 Å². The minimum Gasteiger partial charge on any atom is -0.467 e. The third kappa shape index (κ3) is 7.89. The quantitative estimate of drug-likeness (QED) is 0.106. The van der Waals surface area contributed by atoms with Crippen LogP contribution in [-0.2, 0) is 26.1 Å². The Morgan fingerprint density at radius 3 is 2.24 bits per heavy atom. The van der Waals surface area contributed by atoms with Crippen molar-refractivity contribution in [3.8, 4) is 11.1 Å². The van der Waals surface area contributed by atoms with Gasteiger partial charge < -0.3 is 10.1 Å². The number of aryl methyl sites for hydroxylation is 1. The van der Waals surface area contributed by atoms with E-state index in [0.29, 0.717) is 34.6 Å². The van der Waals surface area contributed by atoms with Crippen LogP contribution in [0.1, 0.15) is 27.9 Å². The maximum absolute atomic E-state index is 13.9. The van der Waals surface area contributed by atoms with Crippen molar-refractivity contribution in [3.05, 3.63) is 124 Å². The molecule has 1 N–H and O–H groups in total. The molecule has 1 amide bonds. The van der Waals surface area contributed by atoms with Crippen LogP contribution >= 0.6 is 11.8 Å². The predicted octanol–water partition coefficient (Wildman–Crippen LogP) is 5.99. The summed E-state index contributed by atoms with van der Waals surface area (Å²) in [4.78, 5) is 36.5. The molecule has 45 heavy (non-hydrogen) atoms. The van der Waals surface area contributed by atoms with E-state index >= 15 is 0 Å². The van der Waals surface area contributed by atoms with Gasteiger partial charge in [-0.3, -0.25) is 19.2 Å². The summed E-state index contributed by atoms with van der Waals surface area (Å²) in [7, 11) is -2.89. The van der Waals surface area contributed by atoms with Crippen molar-refractivity contribution < 1.29 is 27.7 Å². The number of rotatable bonds is 13. The molecule has 0 radical (unpaired) electrons. The molecule has 0 bridgehead atoms. The minimum atomic E-state index is -4.17. The number of thioether (sulfide) groups is 1. The monoisotopic (exact) mass is 647 g/mol. The molecule has 0 saturated heterocycles. The molecule has 4 rings (SSSR count). The SMILES string of the molecule is COC(=O)C(CCSC)NC(=O)c1ccc(CN(c2ccccc2)S(=O)(=O)c2ccc([N+](=O)[O-])cc2)cc1-c1ccccc1C. The van der Waals surface area contributed by atoms with Crippen molar-refractivity contribution in [1.82, 2.24) is 5.32 Å². The van der Waals surface area contributed by atoms with Crippen molar-refractivity contribution in [2.24, 2.45) is 0 Å². The molecule has 234 valence electrons. The van der Waals surface area contributed by atoms with Crippen LogP contribution in [0.3, 0.4) is 0 Å². The Kier molecular flexibility index (Phi) is 11.0. The Balaban J connectivity index is 1.78. The number of nitro groups is 1. The van der Waals surface area contributed by atoms with Gasteiger partial charge in [-0.1, -0.05) is 48.5 Å². The summed E-state index contributed by atoms with van der Waals surface area (Å²) in [6.45, 7) is 1.82. The van der Waals surface area contributed by atoms with Crippen LogP contribution in [0.2, 0.25) is 0 Å². The van der Waals surface area contributed by atoms with Gasteiger partial charge in [-0.15, -0.1) is 0 Å². The summed E-state index contributed by atoms with van der Waals surface area (Å²) in [6.07, 6.45) is 2.30. The van der Waals surface area contributed by atoms with Crippen LogP contribution in [0.15, 0.2) is 102 Å². The number of nitro benzene ring substituents is 1. The number of nitrogens with one attached hydrogen (secondary N) is 1. The van der Waals surface area contributed by atoms with Crippen LogP contribution in [0, 0.1) is 17.0 Å². The number of para-hydroxylation sites is 1. The van der Waals surface area contributed by atoms with Gasteiger partial charge in [0.05, 0.1) is 29.2 Å². The van der Waals surface area contributed by atoms with Gasteiger partial charge in [0.25, 0.3) is 21.6 Å². The molecule has 12 heteroatoms. The van der Waals surface area contributed by atoms with Crippen molar-refractivity contribution in [3.63, 3.8) is 0 Å². The first-order chi connectivity index (χ1) is 21.6. The van der Waals surface area contributed by atoms with E-state index in [2.05, 4.69) is 5.32 Å². The second-order valence-corrected chi connectivity index (χ2v) is 13.0. The minimum absolute atomic E-state index is 0.0946. The van der Waals surface area contributed by atoms with E-state index in [1.165, 1.54) is 23.5 Å². The van der Waals surface area contributed by atoms with E-state index in [9.17, 15) is 28.1 Å². The number of benzene rings is 4. The Morgan fingerprint density at radius 2 is 1.62 bits per heavy atom. The maximum atomic E-state index is 13.9. The molecule has 0 saturated carbocycles. The van der Waals surface area contributed by atoms with Gasteiger partial charge in [0, 0.05) is 17.7 Å². The molecule has 4 aromatic rings. The Morgan fingerprint density at radius 1 is 0.956 bits per heavy atom. The molecule has 0 fully saturated rings. The standard InChI is InChI=1S/C33H33N3O7S2/c1-23-9-7-8-12-28(23)30-21-24(13-18-29(30)32(37)34-31(19-20-44-3)33(38)43-2)22-35(25-10-5-4-6-11-25)45(41,42)27-16-14-26(15-17-27)36(39)40/h4-18,21,31H,19-20,22H2,1-3H3,(H,34,37). The largest absolute Gasteiger partial charge is 0.467 e. The normalized spacial score (nSPS) is 11.8. The number of hydrogen-bond donors (Lipinski definition) is 1. The van der Waals surface area contributed by atoms with Gasteiger partial charge in [-0.2, -0.15) is 11.8 Å². The predicted molar refractivity (Wildman–Crippen MR) is 176 cm³/mol. The number of sulfonamides is 1. The molecule has 0 heterocycles. The van der Waals surface area contributed by atoms with Gasteiger partial charge in [0.2, 0.25) is 0 Å². The van der Waals surface area contributed by atoms with E-state index in [1.807, 2.05) is 37.4 Å². The average Bonchev–Trinajstić information content (AvgIpc) is 3.05. The van der Waals surface area contributed by atoms with Crippen molar-refractivity contribution in [2.75, 3.05) is 23.4 Å². The Bertz CT molecular complexity index is 1780. The van der Waals surface area contributed by atoms with E-state index < -0.39 is 32.9 Å². The number of esters is 1. The van der Waals surface area contributed by atoms with Gasteiger partial charge in [-0.25, -0.2) is 13.2 Å². The highest BCUT2D eigenvalue weighted by Crippen LogP contribution is 2.31. The van der Waals surface area contributed by atoms with Gasteiger partial charge >= 0.3 is 5.97 Å². The number of non-ortho nitro benzene ring substituents is 1. The third-order valence-electron chi connectivity index (χ3n) is 7.17. The molecule has 0 aliphatic rings. The lowest BCUT2D eigenvalue weighted by molar-refractivity contribution is -0.384. The lowest BCUT2D eigenvalue weighted by Gasteiger charge is -2.25. The fourth-order valence-corrected chi connectivity index (χ4v) is 6.71. The van der Waals surface area contributed by atoms with E-state index in [4.69, 9.17) is 4.74 Å². The average molecular weight is 648 g/mol. The molecule has 0 aliphatic heterocycles. The zero-order valence-corrected chi connectivity index (χ0v) is 26.6. The second-order valence-electron chi connectivity index (χ2n) is 10.1. The first kappa shape index (κ1) is 33.2. The summed E-state index contributed by atoms with van der Waals surface area (Å²) in [5.74, 6) is -0.363. The highest BCUT2D eigenvalue weighted by molar-refractivity contribution is 7.98. The highest BCUT2D eigenvalue weighted by Gasteiger charge is 2.28. The van der Waals surface area contributed by atoms with Crippen molar-refractivity contribution in [1.29, 1.82) is 0 Å². The molecule has 1 unspecified atom stereocenters. The number of carbonyl (C=O) groups is 2. The molecule has 0 aliphatic carbocycles. The summed E-state index contributed by atoms with van der Waals surface area (Å²) < 4.78 is 34.0. The number of anilines is 1. The van der Waals surface area contributed by atoms with Crippen LogP contribution < -0.4 is 9.62 Å². The first-order valence-electron chi connectivity index (χ1n) is 14.0. The molecule has 4 aromatic carbocycles. The number of nitrogens with zero attached hydrogens (tertiary/aromatic N) is 2. The number of carbonyl (C=O) groups excluding carboxylic acids is 2. The van der Waals surface area contributed by atoms with E-state index in [-0.39, 0.29) is 17.1 Å². The Hall–Kier alpha value is -4.68. The first-order valence-corrected chi connectivity index (χ1v) is 16.8. The number of hydrogen-bond acceptors (Lipinski definition) is 8. The Labute approximate surface area is 266 Å². The summed E-state index contributed by atoms with van der Waals surface area (Å²) in [5, 5.41) is 14.0. The van der Waals surface area contributed by atoms with Gasteiger partial charge in [0.1, 0.15) is 6.04 Å². The van der Waals surface area contributed by atoms with E-state index in [0.717, 1.165) is 23.3 Å². The number of ether oxygens (including phenoxy) is 1. The van der Waals surface area contributed by atoms with Crippen molar-refractivity contribution in [2.45, 2.75) is 30.8 Å². The molecular formula is C33H33N3O7S2. The topological polar surface area (TPSA) is 136 Å². The maximum Gasteiger partial charge on any atom is 0.328 e. The zero-order valence-electron chi connectivity index (χ0n) is 25.0. The fourth-order valence-electron chi connectivity index (χ4n) is 4.79. The number of amides is 1. The van der Waals surface area contributed by atoms with Crippen LogP contribution in [-0.4, -0.2) is 50.4 Å². The van der Waals surface area contributed by atoms with Crippen LogP contribution in [0.25, 0.3) is 11.1 Å². The molecule has 0 spiro atoms. The van der Waals surface area contributed by atoms with Crippen LogP contribution in [0.4, 0.5) is 11.4 Å². The smallest absolute Gasteiger partial charge is 0.328 e. The summed E-state index contributed by atoms with van der Waals surface area (Å²) >= 11 is 1.55. The van der Waals surface area contributed by atoms with Gasteiger partial charge in [0.15, 0.2) is 0 Å². The molecule has 10 nitrogen and oxygen atoms in total. The molecular weight excluding hydrogens is 615 g/mol. The number of methoxy groups -OCH3 is 1. The van der Waals surface area contributed by atoms with Gasteiger partial charge in [-0.05, 0) is 84.0 Å². The third-order valence-corrected chi connectivity index (χ3v) is 9.60. The van der Waals surface area contributed by atoms with Crippen molar-refractivity contribution >= 4 is 45.0 Å². The fraction of sp³-hybridized carbons (Fsp3) is 0.212. The molecule has 0 aromatic heterocycles. The lowest BCUT2D eigenvalue weighted by atomic mass is 9.93.